The highest BCUT2D eigenvalue weighted by atomic mass is 15.2. The minimum Gasteiger partial charge on any atom is -0.369 e. The molecule has 114 valence electrons. The minimum absolute atomic E-state index is 1.01. The van der Waals surface area contributed by atoms with Crippen molar-refractivity contribution in [3.05, 3.63) is 54.7 Å². The van der Waals surface area contributed by atoms with Gasteiger partial charge in [-0.15, -0.1) is 0 Å². The highest BCUT2D eigenvalue weighted by molar-refractivity contribution is 5.90. The summed E-state index contributed by atoms with van der Waals surface area (Å²) in [6.07, 6.45) is 2.20. The van der Waals surface area contributed by atoms with E-state index < -0.39 is 0 Å². The van der Waals surface area contributed by atoms with Crippen LogP contribution < -0.4 is 10.2 Å². The molecule has 2 aromatic carbocycles. The van der Waals surface area contributed by atoms with E-state index in [0.717, 1.165) is 37.3 Å². The lowest BCUT2D eigenvalue weighted by atomic mass is 10.2. The molecule has 0 spiro atoms. The van der Waals surface area contributed by atoms with E-state index in [9.17, 15) is 0 Å². The highest BCUT2D eigenvalue weighted by Crippen LogP contribution is 2.25. The first-order valence-corrected chi connectivity index (χ1v) is 8.15. The molecule has 1 aliphatic rings. The van der Waals surface area contributed by atoms with Crippen LogP contribution in [0.15, 0.2) is 54.7 Å². The monoisotopic (exact) mass is 302 g/mol. The second-order valence-electron chi connectivity index (χ2n) is 6.15. The molecule has 1 saturated heterocycles. The topological polar surface area (TPSA) is 32.6 Å². The van der Waals surface area contributed by atoms with Crippen LogP contribution in [0.3, 0.4) is 0 Å². The Hall–Kier alpha value is -2.59. The Morgan fingerprint density at radius 2 is 1.78 bits per heavy atom. The van der Waals surface area contributed by atoms with Crippen LogP contribution in [0.2, 0.25) is 0 Å². The molecule has 3 heterocycles. The van der Waals surface area contributed by atoms with Gasteiger partial charge in [-0.3, -0.25) is 0 Å². The number of hydrogen-bond acceptors (Lipinski definition) is 3. The van der Waals surface area contributed by atoms with Crippen molar-refractivity contribution in [2.75, 3.05) is 31.1 Å². The summed E-state index contributed by atoms with van der Waals surface area (Å²) >= 11 is 0. The van der Waals surface area contributed by atoms with E-state index in [1.54, 1.807) is 0 Å². The van der Waals surface area contributed by atoms with Crippen molar-refractivity contribution in [2.45, 2.75) is 0 Å². The molecule has 5 rings (SSSR count). The normalized spacial score (nSPS) is 15.7. The van der Waals surface area contributed by atoms with Gasteiger partial charge in [-0.25, -0.2) is 4.98 Å². The number of nitrogens with zero attached hydrogens (tertiary/aromatic N) is 3. The van der Waals surface area contributed by atoms with Crippen molar-refractivity contribution in [1.82, 2.24) is 14.7 Å². The molecule has 0 radical (unpaired) electrons. The number of piperazine rings is 1. The molecular formula is C19H18N4. The second-order valence-corrected chi connectivity index (χ2v) is 6.15. The fourth-order valence-electron chi connectivity index (χ4n) is 3.50. The zero-order chi connectivity index (χ0) is 15.2. The van der Waals surface area contributed by atoms with E-state index in [-0.39, 0.29) is 0 Å². The zero-order valence-electron chi connectivity index (χ0n) is 12.9. The van der Waals surface area contributed by atoms with Crippen LogP contribution in [0.25, 0.3) is 27.5 Å². The average Bonchev–Trinajstić information content (AvgIpc) is 2.97. The van der Waals surface area contributed by atoms with Gasteiger partial charge in [0.15, 0.2) is 0 Å². The van der Waals surface area contributed by atoms with Gasteiger partial charge in [0.05, 0.1) is 11.0 Å². The number of anilines is 1. The molecule has 0 amide bonds. The Morgan fingerprint density at radius 3 is 2.70 bits per heavy atom. The van der Waals surface area contributed by atoms with Crippen molar-refractivity contribution in [3.8, 4) is 0 Å². The molecular weight excluding hydrogens is 284 g/mol. The maximum Gasteiger partial charge on any atom is 0.138 e. The first-order valence-electron chi connectivity index (χ1n) is 8.15. The van der Waals surface area contributed by atoms with Crippen molar-refractivity contribution in [2.24, 2.45) is 0 Å². The number of benzene rings is 2. The molecule has 2 aromatic heterocycles. The van der Waals surface area contributed by atoms with Crippen molar-refractivity contribution in [1.29, 1.82) is 0 Å². The summed E-state index contributed by atoms with van der Waals surface area (Å²) in [6.45, 7) is 4.22. The third-order valence-corrected chi connectivity index (χ3v) is 4.73. The fourth-order valence-corrected chi connectivity index (χ4v) is 3.50. The van der Waals surface area contributed by atoms with Gasteiger partial charge in [0, 0.05) is 48.8 Å². The van der Waals surface area contributed by atoms with E-state index in [4.69, 9.17) is 4.98 Å². The number of para-hydroxylation sites is 1. The first-order chi connectivity index (χ1) is 11.4. The second kappa shape index (κ2) is 4.96. The molecule has 0 unspecified atom stereocenters. The van der Waals surface area contributed by atoms with Crippen LogP contribution in [-0.4, -0.2) is 35.6 Å². The van der Waals surface area contributed by atoms with Gasteiger partial charge in [-0.1, -0.05) is 18.2 Å². The molecule has 1 N–H and O–H groups in total. The largest absolute Gasteiger partial charge is 0.369 e. The molecule has 0 atom stereocenters. The first kappa shape index (κ1) is 12.9. The summed E-state index contributed by atoms with van der Waals surface area (Å²) in [5.41, 5.74) is 4.56. The maximum atomic E-state index is 4.89. The van der Waals surface area contributed by atoms with Gasteiger partial charge < -0.3 is 14.6 Å². The molecule has 4 nitrogen and oxygen atoms in total. The average molecular weight is 302 g/mol. The quantitative estimate of drug-likeness (QED) is 0.586. The Labute approximate surface area is 134 Å². The smallest absolute Gasteiger partial charge is 0.138 e. The van der Waals surface area contributed by atoms with Crippen LogP contribution in [-0.2, 0) is 0 Å². The molecule has 0 aliphatic carbocycles. The van der Waals surface area contributed by atoms with Crippen LogP contribution in [0.1, 0.15) is 0 Å². The van der Waals surface area contributed by atoms with Gasteiger partial charge in [-0.05, 0) is 30.3 Å². The van der Waals surface area contributed by atoms with E-state index in [2.05, 4.69) is 69.3 Å². The van der Waals surface area contributed by atoms with E-state index in [1.807, 2.05) is 0 Å². The van der Waals surface area contributed by atoms with Gasteiger partial charge in [0.2, 0.25) is 0 Å². The van der Waals surface area contributed by atoms with Crippen molar-refractivity contribution >= 4 is 33.1 Å². The fraction of sp³-hybridized carbons (Fsp3) is 0.211. The molecule has 0 bridgehead atoms. The molecule has 1 fully saturated rings. The summed E-state index contributed by atoms with van der Waals surface area (Å²) in [5, 5.41) is 5.81. The van der Waals surface area contributed by atoms with E-state index in [1.165, 1.54) is 22.0 Å². The van der Waals surface area contributed by atoms with Crippen molar-refractivity contribution in [3.63, 3.8) is 0 Å². The molecule has 4 heteroatoms. The number of fused-ring (bicyclic) bond motifs is 4. The summed E-state index contributed by atoms with van der Waals surface area (Å²) in [6, 6.07) is 17.2. The Morgan fingerprint density at radius 1 is 0.913 bits per heavy atom. The van der Waals surface area contributed by atoms with Crippen LogP contribution >= 0.6 is 0 Å². The van der Waals surface area contributed by atoms with E-state index in [0.29, 0.717) is 0 Å². The number of nitrogens with one attached hydrogen (secondary N) is 1. The third-order valence-electron chi connectivity index (χ3n) is 4.73. The summed E-state index contributed by atoms with van der Waals surface area (Å²) in [4.78, 5) is 7.32. The molecule has 1 aliphatic heterocycles. The predicted octanol–water partition coefficient (Wildman–Crippen LogP) is 3.05. The molecule has 0 saturated carbocycles. The van der Waals surface area contributed by atoms with E-state index >= 15 is 0 Å². The van der Waals surface area contributed by atoms with Crippen LogP contribution in [0.4, 0.5) is 5.69 Å². The van der Waals surface area contributed by atoms with Crippen molar-refractivity contribution < 1.29 is 0 Å². The maximum absolute atomic E-state index is 4.89. The van der Waals surface area contributed by atoms with Gasteiger partial charge in [-0.2, -0.15) is 0 Å². The Kier molecular flexibility index (Phi) is 2.78. The third kappa shape index (κ3) is 2.06. The lowest BCUT2D eigenvalue weighted by molar-refractivity contribution is 0.589. The number of aromatic nitrogens is 2. The van der Waals surface area contributed by atoms with Crippen LogP contribution in [0.5, 0.6) is 0 Å². The lowest BCUT2D eigenvalue weighted by Gasteiger charge is -2.29. The molecule has 4 aromatic rings. The lowest BCUT2D eigenvalue weighted by Crippen LogP contribution is -2.43. The van der Waals surface area contributed by atoms with Gasteiger partial charge >= 0.3 is 0 Å². The zero-order valence-corrected chi connectivity index (χ0v) is 12.9. The Bertz CT molecular complexity index is 1010. The molecule has 23 heavy (non-hydrogen) atoms. The number of hydrogen-bond donors (Lipinski definition) is 1. The summed E-state index contributed by atoms with van der Waals surface area (Å²) < 4.78 is 2.18. The SMILES string of the molecule is c1ccc2c(c1)cc1nc3cc(N4CCNCC4)ccc3cn12. The summed E-state index contributed by atoms with van der Waals surface area (Å²) in [7, 11) is 0. The standard InChI is InChI=1S/C19H18N4/c1-2-4-18-14(3-1)11-19-21-17-12-16(22-9-7-20-8-10-22)6-5-15(17)13-23(18)19/h1-6,11-13,20H,7-10H2. The predicted molar refractivity (Wildman–Crippen MR) is 95.3 cm³/mol. The summed E-state index contributed by atoms with van der Waals surface area (Å²) in [5.74, 6) is 0. The van der Waals surface area contributed by atoms with Gasteiger partial charge in [0.1, 0.15) is 5.65 Å². The Balaban J connectivity index is 1.70. The van der Waals surface area contributed by atoms with Crippen LogP contribution in [0, 0.1) is 0 Å². The minimum atomic E-state index is 1.01. The highest BCUT2D eigenvalue weighted by Gasteiger charge is 2.12. The number of rotatable bonds is 1. The van der Waals surface area contributed by atoms with Gasteiger partial charge in [0.25, 0.3) is 0 Å².